The van der Waals surface area contributed by atoms with Crippen LogP contribution in [-0.2, 0) is 0 Å². The normalized spacial score (nSPS) is 11.7. The highest BCUT2D eigenvalue weighted by Gasteiger charge is 2.25. The number of rotatable bonds is 6. The Morgan fingerprint density at radius 3 is 0.600 bits per heavy atom. The Labute approximate surface area is 359 Å². The van der Waals surface area contributed by atoms with Crippen molar-refractivity contribution in [1.29, 1.82) is 0 Å². The van der Waals surface area contributed by atoms with Crippen LogP contribution >= 0.6 is 0 Å². The predicted octanol–water partition coefficient (Wildman–Crippen LogP) is 17.0. The minimum atomic E-state index is 1.19. The van der Waals surface area contributed by atoms with Crippen molar-refractivity contribution < 1.29 is 0 Å². The van der Waals surface area contributed by atoms with Crippen molar-refractivity contribution in [3.8, 4) is 0 Å². The first-order valence-electron chi connectivity index (χ1n) is 21.7. The van der Waals surface area contributed by atoms with Crippen LogP contribution in [0.5, 0.6) is 0 Å². The molecule has 0 aliphatic heterocycles. The number of aryl methyl sites for hydroxylation is 12. The predicted molar refractivity (Wildman–Crippen MR) is 264 cm³/mol. The standard InChI is InChI=1S/C58H62N2/c1-31-25-51-53-29-58(60(49-21-39(9)45(15)40(10)22-49)50-23-41(11)46(16)42(12)24-50)56-28-34(4)32(2)26-52(56)54(53)30-57(55(51)27-33(31)3)59(47-17-35(5)43(13)36(6)18-47)48-19-37(7)44(14)38(8)20-48/h17-30H,1-16H3. The molecule has 0 aliphatic rings. The molecule has 0 fully saturated rings. The van der Waals surface area contributed by atoms with Gasteiger partial charge in [0.05, 0.1) is 11.4 Å². The molecule has 0 heterocycles. The Morgan fingerprint density at radius 2 is 0.383 bits per heavy atom. The van der Waals surface area contributed by atoms with Gasteiger partial charge in [-0.2, -0.15) is 0 Å². The van der Waals surface area contributed by atoms with Gasteiger partial charge in [-0.25, -0.2) is 0 Å². The minimum Gasteiger partial charge on any atom is -0.310 e. The average Bonchev–Trinajstić information content (AvgIpc) is 3.18. The molecular weight excluding hydrogens is 725 g/mol. The Kier molecular flexibility index (Phi) is 10.2. The topological polar surface area (TPSA) is 6.48 Å². The first kappa shape index (κ1) is 40.9. The molecule has 0 unspecified atom stereocenters. The molecule has 60 heavy (non-hydrogen) atoms. The molecule has 8 aromatic rings. The van der Waals surface area contributed by atoms with Gasteiger partial charge < -0.3 is 9.80 Å². The van der Waals surface area contributed by atoms with Gasteiger partial charge in [0.1, 0.15) is 0 Å². The van der Waals surface area contributed by atoms with E-state index >= 15 is 0 Å². The van der Waals surface area contributed by atoms with Crippen LogP contribution in [0.1, 0.15) is 89.0 Å². The summed E-state index contributed by atoms with van der Waals surface area (Å²) in [6.07, 6.45) is 0. The fraction of sp³-hybridized carbons (Fsp3) is 0.276. The van der Waals surface area contributed by atoms with Crippen LogP contribution in [0.4, 0.5) is 34.1 Å². The van der Waals surface area contributed by atoms with E-state index in [1.54, 1.807) is 0 Å². The van der Waals surface area contributed by atoms with E-state index in [2.05, 4.69) is 206 Å². The van der Waals surface area contributed by atoms with Gasteiger partial charge in [-0.1, -0.05) is 12.1 Å². The van der Waals surface area contributed by atoms with E-state index in [0.717, 1.165) is 0 Å². The van der Waals surface area contributed by atoms with Crippen molar-refractivity contribution in [1.82, 2.24) is 0 Å². The Hall–Kier alpha value is -5.86. The van der Waals surface area contributed by atoms with Crippen molar-refractivity contribution in [3.05, 3.63) is 174 Å². The molecule has 0 saturated heterocycles. The number of nitrogens with zero attached hydrogens (tertiary/aromatic N) is 2. The van der Waals surface area contributed by atoms with Crippen molar-refractivity contribution in [3.63, 3.8) is 0 Å². The van der Waals surface area contributed by atoms with Crippen LogP contribution < -0.4 is 9.80 Å². The molecular formula is C58H62N2. The van der Waals surface area contributed by atoms with Gasteiger partial charge in [-0.05, 0) is 294 Å². The van der Waals surface area contributed by atoms with Gasteiger partial charge in [0, 0.05) is 33.5 Å². The lowest BCUT2D eigenvalue weighted by molar-refractivity contribution is 1.19. The maximum absolute atomic E-state index is 2.54. The summed E-state index contributed by atoms with van der Waals surface area (Å²) in [5, 5.41) is 7.57. The van der Waals surface area contributed by atoms with E-state index < -0.39 is 0 Å². The fourth-order valence-electron chi connectivity index (χ4n) is 9.32. The third-order valence-electron chi connectivity index (χ3n) is 14.4. The largest absolute Gasteiger partial charge is 0.310 e. The Morgan fingerprint density at radius 1 is 0.200 bits per heavy atom. The van der Waals surface area contributed by atoms with Crippen molar-refractivity contribution in [2.45, 2.75) is 111 Å². The number of benzene rings is 8. The van der Waals surface area contributed by atoms with E-state index in [4.69, 9.17) is 0 Å². The number of anilines is 6. The van der Waals surface area contributed by atoms with Crippen LogP contribution in [0.15, 0.2) is 84.9 Å². The number of fused-ring (bicyclic) bond motifs is 5. The van der Waals surface area contributed by atoms with Gasteiger partial charge in [-0.15, -0.1) is 0 Å². The molecule has 8 rings (SSSR count). The van der Waals surface area contributed by atoms with E-state index in [1.165, 1.54) is 155 Å². The van der Waals surface area contributed by atoms with Crippen molar-refractivity contribution in [2.75, 3.05) is 9.80 Å². The van der Waals surface area contributed by atoms with E-state index in [0.29, 0.717) is 0 Å². The highest BCUT2D eigenvalue weighted by molar-refractivity contribution is 6.25. The van der Waals surface area contributed by atoms with Crippen LogP contribution in [-0.4, -0.2) is 0 Å². The Balaban J connectivity index is 1.57. The monoisotopic (exact) mass is 786 g/mol. The summed E-state index contributed by atoms with van der Waals surface area (Å²) in [6, 6.07) is 33.9. The smallest absolute Gasteiger partial charge is 0.0546 e. The summed E-state index contributed by atoms with van der Waals surface area (Å²) in [4.78, 5) is 5.08. The number of hydrogen-bond donors (Lipinski definition) is 0. The zero-order chi connectivity index (χ0) is 43.2. The first-order chi connectivity index (χ1) is 28.3. The van der Waals surface area contributed by atoms with Crippen molar-refractivity contribution >= 4 is 66.4 Å². The molecule has 304 valence electrons. The molecule has 0 aromatic heterocycles. The molecule has 2 nitrogen and oxygen atoms in total. The lowest BCUT2D eigenvalue weighted by Crippen LogP contribution is -2.14. The lowest BCUT2D eigenvalue weighted by atomic mass is 9.89. The summed E-state index contributed by atoms with van der Waals surface area (Å²) in [7, 11) is 0. The van der Waals surface area contributed by atoms with E-state index in [9.17, 15) is 0 Å². The second kappa shape index (κ2) is 15.0. The summed E-state index contributed by atoms with van der Waals surface area (Å²) in [6.45, 7) is 36.0. The van der Waals surface area contributed by atoms with Crippen LogP contribution in [0.25, 0.3) is 32.3 Å². The van der Waals surface area contributed by atoms with Crippen molar-refractivity contribution in [2.24, 2.45) is 0 Å². The molecule has 0 amide bonds. The summed E-state index contributed by atoms with van der Waals surface area (Å²) in [5.41, 5.74) is 28.1. The summed E-state index contributed by atoms with van der Waals surface area (Å²) in [5.74, 6) is 0. The van der Waals surface area contributed by atoms with E-state index in [1.807, 2.05) is 0 Å². The molecule has 8 aromatic carbocycles. The maximum Gasteiger partial charge on any atom is 0.0546 e. The maximum atomic E-state index is 2.54. The molecule has 0 N–H and O–H groups in total. The molecule has 2 heteroatoms. The van der Waals surface area contributed by atoms with Gasteiger partial charge >= 0.3 is 0 Å². The van der Waals surface area contributed by atoms with Gasteiger partial charge in [0.2, 0.25) is 0 Å². The fourth-order valence-corrected chi connectivity index (χ4v) is 9.32. The van der Waals surface area contributed by atoms with Crippen LogP contribution in [0.2, 0.25) is 0 Å². The van der Waals surface area contributed by atoms with Gasteiger partial charge in [-0.3, -0.25) is 0 Å². The lowest BCUT2D eigenvalue weighted by Gasteiger charge is -2.32. The molecule has 0 saturated carbocycles. The zero-order valence-electron chi connectivity index (χ0n) is 39.0. The first-order valence-corrected chi connectivity index (χ1v) is 21.7. The van der Waals surface area contributed by atoms with Crippen LogP contribution in [0, 0.1) is 111 Å². The Bertz CT molecular complexity index is 2680. The highest BCUT2D eigenvalue weighted by atomic mass is 15.2. The van der Waals surface area contributed by atoms with Gasteiger partial charge in [0.25, 0.3) is 0 Å². The van der Waals surface area contributed by atoms with E-state index in [-0.39, 0.29) is 0 Å². The SMILES string of the molecule is Cc1cc2c(N(c3cc(C)c(C)c(C)c3)c3cc(C)c(C)c(C)c3)cc3c4cc(C)c(C)cc4c(N(c4cc(C)c(C)c(C)c4)c4cc(C)c(C)c(C)c4)cc3c2cc1C. The molecule has 0 aliphatic carbocycles. The molecule has 0 bridgehead atoms. The second-order valence-corrected chi connectivity index (χ2v) is 18.3. The summed E-state index contributed by atoms with van der Waals surface area (Å²) >= 11 is 0. The molecule has 0 atom stereocenters. The van der Waals surface area contributed by atoms with Gasteiger partial charge in [0.15, 0.2) is 0 Å². The molecule has 0 spiro atoms. The molecule has 0 radical (unpaired) electrons. The quantitative estimate of drug-likeness (QED) is 0.155. The average molecular weight is 787 g/mol. The highest BCUT2D eigenvalue weighted by Crippen LogP contribution is 2.49. The second-order valence-electron chi connectivity index (χ2n) is 18.3. The third-order valence-corrected chi connectivity index (χ3v) is 14.4. The zero-order valence-corrected chi connectivity index (χ0v) is 39.0. The number of hydrogen-bond acceptors (Lipinski definition) is 2. The summed E-state index contributed by atoms with van der Waals surface area (Å²) < 4.78 is 0. The minimum absolute atomic E-state index is 1.19. The van der Waals surface area contributed by atoms with Crippen LogP contribution in [0.3, 0.4) is 0 Å². The third kappa shape index (κ3) is 6.75.